The third-order valence-electron chi connectivity index (χ3n) is 3.20. The summed E-state index contributed by atoms with van der Waals surface area (Å²) < 4.78 is 0. The molecule has 0 saturated heterocycles. The van der Waals surface area contributed by atoms with Gasteiger partial charge in [0, 0.05) is 6.54 Å². The van der Waals surface area contributed by atoms with Gasteiger partial charge in [0.25, 0.3) is 0 Å². The van der Waals surface area contributed by atoms with E-state index in [0.717, 1.165) is 19.0 Å². The predicted molar refractivity (Wildman–Crippen MR) is 75.2 cm³/mol. The van der Waals surface area contributed by atoms with Gasteiger partial charge in [-0.1, -0.05) is 42.8 Å². The average Bonchev–Trinajstić information content (AvgIpc) is 3.13. The van der Waals surface area contributed by atoms with Crippen molar-refractivity contribution in [2.75, 3.05) is 13.1 Å². The van der Waals surface area contributed by atoms with Gasteiger partial charge in [-0.2, -0.15) is 0 Å². The van der Waals surface area contributed by atoms with Crippen LogP contribution in [0.4, 0.5) is 0 Å². The molecule has 1 heteroatoms. The molecular formula is C16H23N. The Labute approximate surface area is 105 Å². The lowest BCUT2D eigenvalue weighted by molar-refractivity contribution is 0.715. The molecule has 1 N–H and O–H groups in total. The predicted octanol–water partition coefficient (Wildman–Crippen LogP) is 3.97. The first-order valence-electron chi connectivity index (χ1n) is 6.77. The lowest BCUT2D eigenvalue weighted by Gasteiger charge is -2.04. The summed E-state index contributed by atoms with van der Waals surface area (Å²) in [6, 6.07) is 9.00. The number of rotatable bonds is 6. The Kier molecular flexibility index (Phi) is 4.38. The Morgan fingerprint density at radius 2 is 2.24 bits per heavy atom. The van der Waals surface area contributed by atoms with Gasteiger partial charge >= 0.3 is 0 Å². The maximum Gasteiger partial charge on any atom is 0.0165 e. The molecule has 92 valence electrons. The molecule has 0 heterocycles. The second-order valence-electron chi connectivity index (χ2n) is 5.11. The summed E-state index contributed by atoms with van der Waals surface area (Å²) in [6.07, 6.45) is 6.26. The summed E-state index contributed by atoms with van der Waals surface area (Å²) in [6.45, 7) is 6.51. The average molecular weight is 229 g/mol. The van der Waals surface area contributed by atoms with Crippen molar-refractivity contribution in [3.05, 3.63) is 41.0 Å². The van der Waals surface area contributed by atoms with Gasteiger partial charge in [0.05, 0.1) is 0 Å². The SMILES string of the molecule is CCCNCC(C)=Cc1cccc(C2CC2)c1. The molecule has 1 nitrogen and oxygen atoms in total. The van der Waals surface area contributed by atoms with Crippen molar-refractivity contribution in [3.8, 4) is 0 Å². The van der Waals surface area contributed by atoms with Gasteiger partial charge in [-0.25, -0.2) is 0 Å². The van der Waals surface area contributed by atoms with Gasteiger partial charge in [-0.3, -0.25) is 0 Å². The Morgan fingerprint density at radius 1 is 1.41 bits per heavy atom. The largest absolute Gasteiger partial charge is 0.313 e. The van der Waals surface area contributed by atoms with Gasteiger partial charge in [-0.15, -0.1) is 0 Å². The van der Waals surface area contributed by atoms with Crippen LogP contribution < -0.4 is 5.32 Å². The molecule has 0 unspecified atom stereocenters. The molecule has 0 bridgehead atoms. The lowest BCUT2D eigenvalue weighted by Crippen LogP contribution is -2.16. The molecule has 0 aliphatic heterocycles. The molecule has 2 rings (SSSR count). The summed E-state index contributed by atoms with van der Waals surface area (Å²) in [5.74, 6) is 0.849. The molecule has 1 saturated carbocycles. The molecule has 0 radical (unpaired) electrons. The van der Waals surface area contributed by atoms with Crippen LogP contribution in [0, 0.1) is 0 Å². The van der Waals surface area contributed by atoms with E-state index in [1.807, 2.05) is 0 Å². The van der Waals surface area contributed by atoms with Gasteiger partial charge in [0.15, 0.2) is 0 Å². The van der Waals surface area contributed by atoms with Crippen molar-refractivity contribution < 1.29 is 0 Å². The van der Waals surface area contributed by atoms with E-state index in [1.165, 1.54) is 36.0 Å². The second kappa shape index (κ2) is 6.02. The quantitative estimate of drug-likeness (QED) is 0.728. The molecule has 0 amide bonds. The molecule has 1 aromatic carbocycles. The fraction of sp³-hybridized carbons (Fsp3) is 0.500. The van der Waals surface area contributed by atoms with E-state index in [0.29, 0.717) is 0 Å². The van der Waals surface area contributed by atoms with Crippen LogP contribution in [0.1, 0.15) is 50.2 Å². The van der Waals surface area contributed by atoms with Crippen molar-refractivity contribution in [1.29, 1.82) is 0 Å². The maximum absolute atomic E-state index is 3.44. The van der Waals surface area contributed by atoms with E-state index < -0.39 is 0 Å². The van der Waals surface area contributed by atoms with Crippen LogP contribution in [0.15, 0.2) is 29.8 Å². The van der Waals surface area contributed by atoms with E-state index in [2.05, 4.69) is 49.5 Å². The highest BCUT2D eigenvalue weighted by Crippen LogP contribution is 2.40. The monoisotopic (exact) mass is 229 g/mol. The Balaban J connectivity index is 1.96. The van der Waals surface area contributed by atoms with Crippen molar-refractivity contribution in [2.45, 2.75) is 39.0 Å². The van der Waals surface area contributed by atoms with Gasteiger partial charge in [0.2, 0.25) is 0 Å². The van der Waals surface area contributed by atoms with Crippen molar-refractivity contribution in [3.63, 3.8) is 0 Å². The zero-order valence-electron chi connectivity index (χ0n) is 11.0. The van der Waals surface area contributed by atoms with Crippen LogP contribution in [0.2, 0.25) is 0 Å². The molecule has 0 aromatic heterocycles. The molecule has 1 fully saturated rings. The molecular weight excluding hydrogens is 206 g/mol. The third-order valence-corrected chi connectivity index (χ3v) is 3.20. The van der Waals surface area contributed by atoms with E-state index in [1.54, 1.807) is 0 Å². The molecule has 0 atom stereocenters. The highest BCUT2D eigenvalue weighted by molar-refractivity contribution is 5.54. The van der Waals surface area contributed by atoms with Crippen molar-refractivity contribution >= 4 is 6.08 Å². The van der Waals surface area contributed by atoms with E-state index >= 15 is 0 Å². The first kappa shape index (κ1) is 12.4. The number of hydrogen-bond donors (Lipinski definition) is 1. The van der Waals surface area contributed by atoms with Gasteiger partial charge in [-0.05, 0) is 49.8 Å². The summed E-state index contributed by atoms with van der Waals surface area (Å²) >= 11 is 0. The third kappa shape index (κ3) is 4.01. The first-order valence-corrected chi connectivity index (χ1v) is 6.77. The van der Waals surface area contributed by atoms with Gasteiger partial charge in [0.1, 0.15) is 0 Å². The zero-order chi connectivity index (χ0) is 12.1. The molecule has 0 spiro atoms. The smallest absolute Gasteiger partial charge is 0.0165 e. The van der Waals surface area contributed by atoms with Gasteiger partial charge < -0.3 is 5.32 Å². The van der Waals surface area contributed by atoms with E-state index in [4.69, 9.17) is 0 Å². The Morgan fingerprint density at radius 3 is 2.94 bits per heavy atom. The Hall–Kier alpha value is -1.08. The van der Waals surface area contributed by atoms with Crippen LogP contribution in [0.25, 0.3) is 6.08 Å². The fourth-order valence-electron chi connectivity index (χ4n) is 2.12. The van der Waals surface area contributed by atoms with Crippen LogP contribution in [-0.4, -0.2) is 13.1 Å². The van der Waals surface area contributed by atoms with Crippen LogP contribution in [-0.2, 0) is 0 Å². The molecule has 1 aromatic rings. The maximum atomic E-state index is 3.44. The normalized spacial score (nSPS) is 16.2. The highest BCUT2D eigenvalue weighted by atomic mass is 14.8. The number of benzene rings is 1. The van der Waals surface area contributed by atoms with Crippen molar-refractivity contribution in [1.82, 2.24) is 5.32 Å². The summed E-state index contributed by atoms with van der Waals surface area (Å²) in [4.78, 5) is 0. The standard InChI is InChI=1S/C16H23N/c1-3-9-17-12-13(2)10-14-5-4-6-16(11-14)15-7-8-15/h4-6,10-11,15,17H,3,7-9,12H2,1-2H3. The topological polar surface area (TPSA) is 12.0 Å². The molecule has 17 heavy (non-hydrogen) atoms. The highest BCUT2D eigenvalue weighted by Gasteiger charge is 2.22. The fourth-order valence-corrected chi connectivity index (χ4v) is 2.12. The summed E-state index contributed by atoms with van der Waals surface area (Å²) in [5, 5.41) is 3.44. The van der Waals surface area contributed by atoms with E-state index in [-0.39, 0.29) is 0 Å². The minimum absolute atomic E-state index is 0.849. The minimum Gasteiger partial charge on any atom is -0.313 e. The molecule has 1 aliphatic carbocycles. The number of hydrogen-bond acceptors (Lipinski definition) is 1. The first-order chi connectivity index (χ1) is 8.29. The van der Waals surface area contributed by atoms with Crippen LogP contribution >= 0.6 is 0 Å². The van der Waals surface area contributed by atoms with Crippen LogP contribution in [0.3, 0.4) is 0 Å². The summed E-state index contributed by atoms with van der Waals surface area (Å²) in [5.41, 5.74) is 4.28. The second-order valence-corrected chi connectivity index (χ2v) is 5.11. The van der Waals surface area contributed by atoms with Crippen molar-refractivity contribution in [2.24, 2.45) is 0 Å². The van der Waals surface area contributed by atoms with Crippen LogP contribution in [0.5, 0.6) is 0 Å². The lowest BCUT2D eigenvalue weighted by atomic mass is 10.1. The minimum atomic E-state index is 0.849. The Bertz CT molecular complexity index is 388. The summed E-state index contributed by atoms with van der Waals surface area (Å²) in [7, 11) is 0. The van der Waals surface area contributed by atoms with E-state index in [9.17, 15) is 0 Å². The molecule has 1 aliphatic rings. The zero-order valence-corrected chi connectivity index (χ0v) is 11.0. The number of nitrogens with one attached hydrogen (secondary N) is 1.